The normalized spacial score (nSPS) is 21.9. The molecule has 0 aromatic carbocycles. The zero-order chi connectivity index (χ0) is 14.0. The molecule has 0 spiro atoms. The van der Waals surface area contributed by atoms with Crippen molar-refractivity contribution in [2.45, 2.75) is 51.6 Å². The van der Waals surface area contributed by atoms with E-state index in [2.05, 4.69) is 5.32 Å². The van der Waals surface area contributed by atoms with Crippen LogP contribution in [-0.4, -0.2) is 48.1 Å². The minimum Gasteiger partial charge on any atom is -0.383 e. The Morgan fingerprint density at radius 2 is 1.78 bits per heavy atom. The molecule has 0 bridgehead atoms. The van der Waals surface area contributed by atoms with E-state index in [1.165, 1.54) is 0 Å². The minimum atomic E-state index is -0.835. The Morgan fingerprint density at radius 1 is 1.22 bits per heavy atom. The molecule has 1 rings (SSSR count). The second kappa shape index (κ2) is 5.26. The highest BCUT2D eigenvalue weighted by molar-refractivity contribution is 6.01. The maximum absolute atomic E-state index is 12.5. The minimum absolute atomic E-state index is 0.0390. The predicted molar refractivity (Wildman–Crippen MR) is 69.1 cm³/mol. The van der Waals surface area contributed by atoms with Gasteiger partial charge in [-0.1, -0.05) is 13.8 Å². The van der Waals surface area contributed by atoms with E-state index in [0.717, 1.165) is 0 Å². The molecule has 0 aromatic rings. The molecule has 0 radical (unpaired) electrons. The zero-order valence-corrected chi connectivity index (χ0v) is 12.0. The molecular weight excluding hydrogens is 232 g/mol. The van der Waals surface area contributed by atoms with Crippen LogP contribution in [0.1, 0.15) is 40.5 Å². The SMILES string of the molecule is CCC1(CC)C(=O)NC(C)(C)C(=O)N1CCOC. The van der Waals surface area contributed by atoms with E-state index < -0.39 is 11.1 Å². The van der Waals surface area contributed by atoms with Gasteiger partial charge in [0.15, 0.2) is 0 Å². The molecule has 0 aliphatic carbocycles. The third kappa shape index (κ3) is 2.23. The number of methoxy groups -OCH3 is 1. The summed E-state index contributed by atoms with van der Waals surface area (Å²) in [7, 11) is 1.60. The molecule has 1 saturated heterocycles. The van der Waals surface area contributed by atoms with Crippen LogP contribution in [0.15, 0.2) is 0 Å². The van der Waals surface area contributed by atoms with E-state index in [4.69, 9.17) is 4.74 Å². The second-order valence-corrected chi connectivity index (χ2v) is 5.27. The fourth-order valence-electron chi connectivity index (χ4n) is 2.56. The number of piperazine rings is 1. The number of nitrogens with one attached hydrogen (secondary N) is 1. The number of rotatable bonds is 5. The lowest BCUT2D eigenvalue weighted by Gasteiger charge is -2.50. The molecule has 18 heavy (non-hydrogen) atoms. The van der Waals surface area contributed by atoms with E-state index in [1.807, 2.05) is 13.8 Å². The van der Waals surface area contributed by atoms with Gasteiger partial charge in [0.05, 0.1) is 6.61 Å². The van der Waals surface area contributed by atoms with Crippen molar-refractivity contribution in [2.75, 3.05) is 20.3 Å². The number of amides is 2. The van der Waals surface area contributed by atoms with Crippen LogP contribution in [0, 0.1) is 0 Å². The largest absolute Gasteiger partial charge is 0.383 e. The van der Waals surface area contributed by atoms with Crippen molar-refractivity contribution in [2.24, 2.45) is 0 Å². The van der Waals surface area contributed by atoms with E-state index in [1.54, 1.807) is 25.9 Å². The average Bonchev–Trinajstić information content (AvgIpc) is 2.32. The van der Waals surface area contributed by atoms with Gasteiger partial charge in [-0.2, -0.15) is 0 Å². The Kier molecular flexibility index (Phi) is 4.37. The van der Waals surface area contributed by atoms with E-state index in [0.29, 0.717) is 26.0 Å². The molecular formula is C13H24N2O3. The van der Waals surface area contributed by atoms with Crippen molar-refractivity contribution in [3.05, 3.63) is 0 Å². The molecule has 1 N–H and O–H groups in total. The first-order chi connectivity index (χ1) is 8.35. The Bertz CT molecular complexity index is 335. The lowest BCUT2D eigenvalue weighted by Crippen LogP contribution is -2.74. The molecule has 5 nitrogen and oxygen atoms in total. The lowest BCUT2D eigenvalue weighted by atomic mass is 9.83. The van der Waals surface area contributed by atoms with Crippen LogP contribution >= 0.6 is 0 Å². The molecule has 1 fully saturated rings. The molecule has 2 amide bonds. The topological polar surface area (TPSA) is 58.6 Å². The quantitative estimate of drug-likeness (QED) is 0.796. The number of hydrogen-bond donors (Lipinski definition) is 1. The summed E-state index contributed by atoms with van der Waals surface area (Å²) in [6, 6.07) is 0. The van der Waals surface area contributed by atoms with Crippen LogP contribution in [0.2, 0.25) is 0 Å². The van der Waals surface area contributed by atoms with Crippen molar-refractivity contribution in [1.29, 1.82) is 0 Å². The van der Waals surface area contributed by atoms with Crippen LogP contribution in [0.5, 0.6) is 0 Å². The molecule has 0 saturated carbocycles. The molecule has 104 valence electrons. The Morgan fingerprint density at radius 3 is 2.22 bits per heavy atom. The first-order valence-corrected chi connectivity index (χ1v) is 6.49. The Hall–Kier alpha value is -1.10. The van der Waals surface area contributed by atoms with Crippen LogP contribution in [0.3, 0.4) is 0 Å². The first kappa shape index (κ1) is 15.0. The molecule has 1 aliphatic rings. The van der Waals surface area contributed by atoms with E-state index >= 15 is 0 Å². The van der Waals surface area contributed by atoms with Crippen LogP contribution in [0.4, 0.5) is 0 Å². The summed E-state index contributed by atoms with van der Waals surface area (Å²) < 4.78 is 5.05. The first-order valence-electron chi connectivity index (χ1n) is 6.49. The molecule has 1 heterocycles. The van der Waals surface area contributed by atoms with Crippen molar-refractivity contribution in [3.63, 3.8) is 0 Å². The highest BCUT2D eigenvalue weighted by Crippen LogP contribution is 2.31. The molecule has 5 heteroatoms. The van der Waals surface area contributed by atoms with Crippen LogP contribution in [-0.2, 0) is 14.3 Å². The van der Waals surface area contributed by atoms with Crippen molar-refractivity contribution < 1.29 is 14.3 Å². The van der Waals surface area contributed by atoms with Crippen molar-refractivity contribution in [3.8, 4) is 0 Å². The summed E-state index contributed by atoms with van der Waals surface area (Å²) >= 11 is 0. The van der Waals surface area contributed by atoms with Gasteiger partial charge in [-0.3, -0.25) is 9.59 Å². The summed E-state index contributed by atoms with van der Waals surface area (Å²) in [4.78, 5) is 26.5. The highest BCUT2D eigenvalue weighted by Gasteiger charge is 2.53. The zero-order valence-electron chi connectivity index (χ0n) is 12.0. The fourth-order valence-corrected chi connectivity index (χ4v) is 2.56. The van der Waals surface area contributed by atoms with E-state index in [-0.39, 0.29) is 11.8 Å². The van der Waals surface area contributed by atoms with Gasteiger partial charge in [0, 0.05) is 13.7 Å². The number of carbonyl (C=O) groups excluding carboxylic acids is 2. The van der Waals surface area contributed by atoms with Gasteiger partial charge < -0.3 is 15.0 Å². The average molecular weight is 256 g/mol. The van der Waals surface area contributed by atoms with Gasteiger partial charge in [0.1, 0.15) is 11.1 Å². The Balaban J connectivity index is 3.14. The molecule has 0 atom stereocenters. The van der Waals surface area contributed by atoms with Crippen LogP contribution < -0.4 is 5.32 Å². The highest BCUT2D eigenvalue weighted by atomic mass is 16.5. The summed E-state index contributed by atoms with van der Waals surface area (Å²) in [5.41, 5.74) is -1.57. The molecule has 0 aromatic heterocycles. The van der Waals surface area contributed by atoms with Crippen molar-refractivity contribution in [1.82, 2.24) is 10.2 Å². The standard InChI is InChI=1S/C13H24N2O3/c1-6-13(7-2)10(16)14-12(3,4)11(17)15(13)8-9-18-5/h6-9H2,1-5H3,(H,14,16). The summed E-state index contributed by atoms with van der Waals surface area (Å²) in [6.45, 7) is 8.25. The number of hydrogen-bond acceptors (Lipinski definition) is 3. The lowest BCUT2D eigenvalue weighted by molar-refractivity contribution is -0.163. The maximum Gasteiger partial charge on any atom is 0.248 e. The number of ether oxygens (including phenoxy) is 1. The van der Waals surface area contributed by atoms with Gasteiger partial charge in [0.2, 0.25) is 11.8 Å². The van der Waals surface area contributed by atoms with Gasteiger partial charge in [0.25, 0.3) is 0 Å². The number of carbonyl (C=O) groups is 2. The Labute approximate surface area is 109 Å². The maximum atomic E-state index is 12.5. The van der Waals surface area contributed by atoms with Gasteiger partial charge in [-0.25, -0.2) is 0 Å². The van der Waals surface area contributed by atoms with Crippen molar-refractivity contribution >= 4 is 11.8 Å². The monoisotopic (exact) mass is 256 g/mol. The molecule has 0 unspecified atom stereocenters. The van der Waals surface area contributed by atoms with E-state index in [9.17, 15) is 9.59 Å². The third-order valence-electron chi connectivity index (χ3n) is 3.83. The summed E-state index contributed by atoms with van der Waals surface area (Å²) in [6.07, 6.45) is 1.22. The smallest absolute Gasteiger partial charge is 0.248 e. The number of nitrogens with zero attached hydrogens (tertiary/aromatic N) is 1. The summed E-state index contributed by atoms with van der Waals surface area (Å²) in [5, 5.41) is 2.83. The van der Waals surface area contributed by atoms with Gasteiger partial charge >= 0.3 is 0 Å². The predicted octanol–water partition coefficient (Wildman–Crippen LogP) is 0.929. The van der Waals surface area contributed by atoms with Crippen LogP contribution in [0.25, 0.3) is 0 Å². The second-order valence-electron chi connectivity index (χ2n) is 5.27. The third-order valence-corrected chi connectivity index (χ3v) is 3.83. The fraction of sp³-hybridized carbons (Fsp3) is 0.846. The van der Waals surface area contributed by atoms with Gasteiger partial charge in [-0.05, 0) is 26.7 Å². The van der Waals surface area contributed by atoms with Gasteiger partial charge in [-0.15, -0.1) is 0 Å². The summed E-state index contributed by atoms with van der Waals surface area (Å²) in [5.74, 6) is -0.101. The molecule has 1 aliphatic heterocycles.